The summed E-state index contributed by atoms with van der Waals surface area (Å²) in [5.41, 5.74) is 1.87. The molecule has 1 aliphatic rings. The average Bonchev–Trinajstić information content (AvgIpc) is 2.98. The molecule has 0 atom stereocenters. The number of sulfonamides is 1. The Kier molecular flexibility index (Phi) is 5.34. The van der Waals surface area contributed by atoms with Gasteiger partial charge >= 0.3 is 0 Å². The summed E-state index contributed by atoms with van der Waals surface area (Å²) in [4.78, 5) is 30.4. The molecule has 0 fully saturated rings. The Morgan fingerprint density at radius 2 is 1.58 bits per heavy atom. The number of aryl methyl sites for hydroxylation is 1. The van der Waals surface area contributed by atoms with E-state index in [1.54, 1.807) is 24.3 Å². The lowest BCUT2D eigenvalue weighted by atomic mass is 10.0. The number of aromatic nitrogens is 1. The number of anilines is 2. The van der Waals surface area contributed by atoms with Crippen LogP contribution in [0.1, 0.15) is 11.1 Å². The van der Waals surface area contributed by atoms with Gasteiger partial charge in [0.1, 0.15) is 10.9 Å². The third-order valence-electron chi connectivity index (χ3n) is 4.68. The number of halogens is 1. The van der Waals surface area contributed by atoms with Crippen LogP contribution in [0.4, 0.5) is 11.5 Å². The molecule has 1 aromatic heterocycles. The first-order valence-electron chi connectivity index (χ1n) is 9.17. The van der Waals surface area contributed by atoms with Gasteiger partial charge < -0.3 is 0 Å². The van der Waals surface area contributed by atoms with E-state index in [-0.39, 0.29) is 27.0 Å². The van der Waals surface area contributed by atoms with Crippen LogP contribution in [0.2, 0.25) is 0 Å². The number of nitrogens with zero attached hydrogens (tertiary/aromatic N) is 2. The fourth-order valence-electron chi connectivity index (χ4n) is 3.10. The molecule has 0 saturated carbocycles. The molecule has 0 aliphatic carbocycles. The van der Waals surface area contributed by atoms with Crippen LogP contribution in [0.3, 0.4) is 0 Å². The third-order valence-corrected chi connectivity index (χ3v) is 6.40. The Morgan fingerprint density at radius 1 is 0.903 bits per heavy atom. The maximum absolute atomic E-state index is 13.0. The molecule has 2 aromatic carbocycles. The fraction of sp³-hybridized carbons (Fsp3) is 0.0455. The van der Waals surface area contributed by atoms with Crippen molar-refractivity contribution in [1.29, 1.82) is 0 Å². The first-order chi connectivity index (χ1) is 14.8. The van der Waals surface area contributed by atoms with Crippen LogP contribution in [0.25, 0.3) is 5.57 Å². The number of hydrogen-bond acceptors (Lipinski definition) is 5. The molecular formula is C22H16ClN3O4S. The monoisotopic (exact) mass is 453 g/mol. The predicted octanol–water partition coefficient (Wildman–Crippen LogP) is 3.71. The first kappa shape index (κ1) is 20.8. The Balaban J connectivity index is 1.60. The molecule has 9 heteroatoms. The van der Waals surface area contributed by atoms with Crippen molar-refractivity contribution < 1.29 is 18.0 Å². The molecule has 0 bridgehead atoms. The number of nitrogens with one attached hydrogen (secondary N) is 1. The normalized spacial score (nSPS) is 14.3. The van der Waals surface area contributed by atoms with Gasteiger partial charge in [0.05, 0.1) is 16.2 Å². The molecule has 7 nitrogen and oxygen atoms in total. The van der Waals surface area contributed by atoms with Crippen molar-refractivity contribution in [3.63, 3.8) is 0 Å². The number of amides is 2. The minimum absolute atomic E-state index is 0.0428. The molecule has 2 amide bonds. The van der Waals surface area contributed by atoms with Crippen LogP contribution in [-0.2, 0) is 19.6 Å². The van der Waals surface area contributed by atoms with Gasteiger partial charge in [-0.05, 0) is 48.9 Å². The molecule has 0 spiro atoms. The van der Waals surface area contributed by atoms with Gasteiger partial charge in [-0.3, -0.25) is 14.3 Å². The van der Waals surface area contributed by atoms with Gasteiger partial charge in [-0.1, -0.05) is 47.5 Å². The van der Waals surface area contributed by atoms with Crippen molar-refractivity contribution in [1.82, 2.24) is 4.98 Å². The number of rotatable bonds is 5. The van der Waals surface area contributed by atoms with E-state index >= 15 is 0 Å². The average molecular weight is 454 g/mol. The van der Waals surface area contributed by atoms with Crippen LogP contribution in [0.15, 0.2) is 82.9 Å². The fourth-order valence-corrected chi connectivity index (χ4v) is 4.38. The van der Waals surface area contributed by atoms with E-state index < -0.39 is 21.8 Å². The summed E-state index contributed by atoms with van der Waals surface area (Å²) in [5.74, 6) is -1.05. The molecule has 3 aromatic rings. The largest absolute Gasteiger partial charge is 0.277 e. The maximum atomic E-state index is 13.0. The second-order valence-corrected chi connectivity index (χ2v) is 8.88. The quantitative estimate of drug-likeness (QED) is 0.594. The van der Waals surface area contributed by atoms with Crippen LogP contribution in [0, 0.1) is 6.92 Å². The van der Waals surface area contributed by atoms with E-state index in [9.17, 15) is 18.0 Å². The zero-order valence-corrected chi connectivity index (χ0v) is 17.8. The molecule has 0 unspecified atom stereocenters. The van der Waals surface area contributed by atoms with E-state index in [4.69, 9.17) is 11.6 Å². The molecule has 0 radical (unpaired) electrons. The van der Waals surface area contributed by atoms with Crippen LogP contribution < -0.4 is 9.62 Å². The lowest BCUT2D eigenvalue weighted by molar-refractivity contribution is -0.119. The van der Waals surface area contributed by atoms with Crippen molar-refractivity contribution in [2.45, 2.75) is 11.8 Å². The highest BCUT2D eigenvalue weighted by Crippen LogP contribution is 2.35. The van der Waals surface area contributed by atoms with E-state index in [1.165, 1.54) is 36.5 Å². The summed E-state index contributed by atoms with van der Waals surface area (Å²) in [6, 6.07) is 17.3. The molecule has 31 heavy (non-hydrogen) atoms. The minimum atomic E-state index is -3.89. The summed E-state index contributed by atoms with van der Waals surface area (Å²) in [6.07, 6.45) is 1.47. The molecule has 1 N–H and O–H groups in total. The lowest BCUT2D eigenvalue weighted by Gasteiger charge is -2.15. The predicted molar refractivity (Wildman–Crippen MR) is 118 cm³/mol. The Labute approximate surface area is 184 Å². The number of hydrogen-bond donors (Lipinski definition) is 1. The molecule has 156 valence electrons. The SMILES string of the molecule is Cc1ccc(C2=C(Cl)C(=O)N(c3ccc(S(=O)(=O)Nc4ccccn4)cc3)C2=O)cc1. The van der Waals surface area contributed by atoms with Crippen LogP contribution in [-0.4, -0.2) is 25.2 Å². The maximum Gasteiger partial charge on any atom is 0.277 e. The highest BCUT2D eigenvalue weighted by atomic mass is 35.5. The highest BCUT2D eigenvalue weighted by molar-refractivity contribution is 7.92. The lowest BCUT2D eigenvalue weighted by Crippen LogP contribution is -2.31. The van der Waals surface area contributed by atoms with Crippen LogP contribution >= 0.6 is 11.6 Å². The first-order valence-corrected chi connectivity index (χ1v) is 11.0. The van der Waals surface area contributed by atoms with E-state index in [0.717, 1.165) is 10.5 Å². The molecule has 4 rings (SSSR count). The number of carbonyl (C=O) groups is 2. The summed E-state index contributed by atoms with van der Waals surface area (Å²) in [6.45, 7) is 1.91. The van der Waals surface area contributed by atoms with E-state index in [0.29, 0.717) is 5.56 Å². The van der Waals surface area contributed by atoms with E-state index in [2.05, 4.69) is 9.71 Å². The van der Waals surface area contributed by atoms with Gasteiger partial charge in [-0.15, -0.1) is 0 Å². The minimum Gasteiger partial charge on any atom is -0.268 e. The van der Waals surface area contributed by atoms with Gasteiger partial charge in [-0.2, -0.15) is 0 Å². The molecular weight excluding hydrogens is 438 g/mol. The van der Waals surface area contributed by atoms with Crippen molar-refractivity contribution in [2.75, 3.05) is 9.62 Å². The van der Waals surface area contributed by atoms with Gasteiger partial charge in [0, 0.05) is 6.20 Å². The smallest absolute Gasteiger partial charge is 0.268 e. The second kappa shape index (κ2) is 7.98. The Hall–Kier alpha value is -3.49. The Bertz CT molecular complexity index is 1300. The van der Waals surface area contributed by atoms with Gasteiger partial charge in [-0.25, -0.2) is 18.3 Å². The summed E-state index contributed by atoms with van der Waals surface area (Å²) in [7, 11) is -3.89. The third kappa shape index (κ3) is 3.95. The van der Waals surface area contributed by atoms with Crippen molar-refractivity contribution >= 4 is 50.5 Å². The van der Waals surface area contributed by atoms with Gasteiger partial charge in [0.15, 0.2) is 0 Å². The number of carbonyl (C=O) groups excluding carboxylic acids is 2. The summed E-state index contributed by atoms with van der Waals surface area (Å²) in [5, 5.41) is -0.178. The topological polar surface area (TPSA) is 96.4 Å². The highest BCUT2D eigenvalue weighted by Gasteiger charge is 2.39. The summed E-state index contributed by atoms with van der Waals surface area (Å²) < 4.78 is 27.5. The van der Waals surface area contributed by atoms with Crippen LogP contribution in [0.5, 0.6) is 0 Å². The van der Waals surface area contributed by atoms with Crippen molar-refractivity contribution in [3.8, 4) is 0 Å². The standard InChI is InChI=1S/C22H16ClN3O4S/c1-14-5-7-15(8-6-14)19-20(23)22(28)26(21(19)27)16-9-11-17(12-10-16)31(29,30)25-18-4-2-3-13-24-18/h2-13H,1H3,(H,24,25). The molecule has 0 saturated heterocycles. The molecule has 2 heterocycles. The van der Waals surface area contributed by atoms with Gasteiger partial charge in [0.25, 0.3) is 21.8 Å². The number of pyridine rings is 1. The number of imide groups is 1. The summed E-state index contributed by atoms with van der Waals surface area (Å²) >= 11 is 6.19. The molecule has 1 aliphatic heterocycles. The Morgan fingerprint density at radius 3 is 2.19 bits per heavy atom. The zero-order valence-electron chi connectivity index (χ0n) is 16.2. The second-order valence-electron chi connectivity index (χ2n) is 6.82. The van der Waals surface area contributed by atoms with Crippen molar-refractivity contribution in [3.05, 3.63) is 89.1 Å². The van der Waals surface area contributed by atoms with Crippen molar-refractivity contribution in [2.24, 2.45) is 0 Å². The van der Waals surface area contributed by atoms with E-state index in [1.807, 2.05) is 19.1 Å². The van der Waals surface area contributed by atoms with Gasteiger partial charge in [0.2, 0.25) is 0 Å². The number of benzene rings is 2. The zero-order chi connectivity index (χ0) is 22.2.